The molecule has 0 saturated carbocycles. The van der Waals surface area contributed by atoms with Crippen LogP contribution in [0.15, 0.2) is 30.3 Å². The van der Waals surface area contributed by atoms with Crippen molar-refractivity contribution >= 4 is 23.6 Å². The molecular weight excluding hydrogens is 369 g/mol. The monoisotopic (exact) mass is 386 g/mol. The van der Waals surface area contributed by atoms with E-state index in [9.17, 15) is 18.0 Å². The predicted molar refractivity (Wildman–Crippen MR) is 93.0 cm³/mol. The van der Waals surface area contributed by atoms with Crippen molar-refractivity contribution in [2.75, 3.05) is 0 Å². The van der Waals surface area contributed by atoms with E-state index in [1.54, 1.807) is 12.1 Å². The first-order valence-electron chi connectivity index (χ1n) is 7.69. The molecule has 2 aromatic rings. The van der Waals surface area contributed by atoms with Crippen LogP contribution in [0.2, 0.25) is 5.15 Å². The Balaban J connectivity index is 2.16. The lowest BCUT2D eigenvalue weighted by atomic mass is 9.87. The van der Waals surface area contributed by atoms with Crippen LogP contribution in [0.1, 0.15) is 37.6 Å². The van der Waals surface area contributed by atoms with Gasteiger partial charge in [-0.1, -0.05) is 44.5 Å². The minimum Gasteiger partial charge on any atom is -0.423 e. The van der Waals surface area contributed by atoms with Gasteiger partial charge >= 0.3 is 12.1 Å². The van der Waals surface area contributed by atoms with Crippen molar-refractivity contribution < 1.29 is 22.7 Å². The fraction of sp³-hybridized carbons (Fsp3) is 0.333. The Kier molecular flexibility index (Phi) is 5.51. The molecule has 8 heteroatoms. The average molecular weight is 387 g/mol. The molecule has 0 aliphatic heterocycles. The fourth-order valence-electron chi connectivity index (χ4n) is 2.20. The van der Waals surface area contributed by atoms with E-state index in [-0.39, 0.29) is 16.1 Å². The Morgan fingerprint density at radius 1 is 1.19 bits per heavy atom. The molecule has 1 aromatic heterocycles. The zero-order valence-electron chi connectivity index (χ0n) is 14.7. The van der Waals surface area contributed by atoms with E-state index in [1.807, 2.05) is 32.9 Å². The third kappa shape index (κ3) is 4.66. The number of rotatable bonds is 3. The summed E-state index contributed by atoms with van der Waals surface area (Å²) in [6.45, 7) is 6.14. The van der Waals surface area contributed by atoms with Crippen molar-refractivity contribution in [3.05, 3.63) is 52.3 Å². The van der Waals surface area contributed by atoms with E-state index >= 15 is 0 Å². The van der Waals surface area contributed by atoms with Crippen LogP contribution >= 0.6 is 11.6 Å². The van der Waals surface area contributed by atoms with Gasteiger partial charge in [0.15, 0.2) is 5.69 Å². The van der Waals surface area contributed by atoms with Crippen molar-refractivity contribution in [1.82, 2.24) is 9.78 Å². The standard InChI is InChI=1S/C18H18ClF3N2O2/c1-17(2,3)11-5-7-12(8-6-11)26-14(25)10-9-13-15(18(20,21)22)23-24(4)16(13)19/h5-10H,1-4H3/b10-9-. The minimum absolute atomic E-state index is 0.0481. The number of halogens is 4. The molecule has 0 spiro atoms. The molecule has 4 nitrogen and oxygen atoms in total. The molecule has 0 aliphatic rings. The number of esters is 1. The number of nitrogens with zero attached hydrogens (tertiary/aromatic N) is 2. The maximum atomic E-state index is 13.0. The molecule has 0 fully saturated rings. The Hall–Kier alpha value is -2.28. The van der Waals surface area contributed by atoms with Crippen LogP contribution in [0.3, 0.4) is 0 Å². The van der Waals surface area contributed by atoms with Crippen molar-refractivity contribution in [1.29, 1.82) is 0 Å². The van der Waals surface area contributed by atoms with Crippen LogP contribution in [0.5, 0.6) is 5.75 Å². The molecule has 140 valence electrons. The van der Waals surface area contributed by atoms with Gasteiger partial charge in [0.1, 0.15) is 10.9 Å². The SMILES string of the molecule is Cn1nc(C(F)(F)F)c(/C=C\C(=O)Oc2ccc(C(C)(C)C)cc2)c1Cl. The summed E-state index contributed by atoms with van der Waals surface area (Å²) in [4.78, 5) is 11.9. The third-order valence-corrected chi connectivity index (χ3v) is 4.05. The van der Waals surface area contributed by atoms with E-state index in [0.717, 1.165) is 22.4 Å². The van der Waals surface area contributed by atoms with Crippen LogP contribution in [0, 0.1) is 0 Å². The van der Waals surface area contributed by atoms with Gasteiger partial charge in [0.25, 0.3) is 0 Å². The van der Waals surface area contributed by atoms with Crippen molar-refractivity contribution in [2.45, 2.75) is 32.4 Å². The van der Waals surface area contributed by atoms with Crippen LogP contribution in [0.4, 0.5) is 13.2 Å². The Morgan fingerprint density at radius 2 is 1.77 bits per heavy atom. The molecule has 0 unspecified atom stereocenters. The highest BCUT2D eigenvalue weighted by Crippen LogP contribution is 2.34. The Morgan fingerprint density at radius 3 is 2.27 bits per heavy atom. The molecule has 0 amide bonds. The molecular formula is C18H18ClF3N2O2. The summed E-state index contributed by atoms with van der Waals surface area (Å²) in [5, 5.41) is 3.11. The topological polar surface area (TPSA) is 44.1 Å². The third-order valence-electron chi connectivity index (χ3n) is 3.60. The number of hydrogen-bond donors (Lipinski definition) is 0. The first kappa shape index (κ1) is 20.0. The van der Waals surface area contributed by atoms with Gasteiger partial charge in [0.2, 0.25) is 0 Å². The number of benzene rings is 1. The van der Waals surface area contributed by atoms with E-state index in [1.165, 1.54) is 7.05 Å². The van der Waals surface area contributed by atoms with Crippen LogP contribution in [0.25, 0.3) is 6.08 Å². The number of aromatic nitrogens is 2. The summed E-state index contributed by atoms with van der Waals surface area (Å²) in [5.74, 6) is -0.525. The molecule has 26 heavy (non-hydrogen) atoms. The number of carbonyl (C=O) groups excluding carboxylic acids is 1. The van der Waals surface area contributed by atoms with Crippen molar-refractivity contribution in [3.63, 3.8) is 0 Å². The summed E-state index contributed by atoms with van der Waals surface area (Å²) < 4.78 is 44.9. The number of aryl methyl sites for hydroxylation is 1. The van der Waals surface area contributed by atoms with Gasteiger partial charge in [0, 0.05) is 18.7 Å². The van der Waals surface area contributed by atoms with Gasteiger partial charge in [-0.3, -0.25) is 4.68 Å². The zero-order valence-corrected chi connectivity index (χ0v) is 15.4. The minimum atomic E-state index is -4.68. The maximum absolute atomic E-state index is 13.0. The molecule has 0 atom stereocenters. The first-order chi connectivity index (χ1) is 11.9. The lowest BCUT2D eigenvalue weighted by molar-refractivity contribution is -0.141. The van der Waals surface area contributed by atoms with E-state index in [4.69, 9.17) is 16.3 Å². The fourth-order valence-corrected chi connectivity index (χ4v) is 2.39. The predicted octanol–water partition coefficient (Wildman–Crippen LogP) is 5.01. The summed E-state index contributed by atoms with van der Waals surface area (Å²) in [5.41, 5.74) is -0.539. The average Bonchev–Trinajstić information content (AvgIpc) is 2.80. The van der Waals surface area contributed by atoms with E-state index in [2.05, 4.69) is 5.10 Å². The van der Waals surface area contributed by atoms with Gasteiger partial charge in [-0.05, 0) is 29.2 Å². The van der Waals surface area contributed by atoms with Gasteiger partial charge in [-0.2, -0.15) is 18.3 Å². The van der Waals surface area contributed by atoms with Crippen LogP contribution < -0.4 is 4.74 Å². The second-order valence-corrected chi connectivity index (χ2v) is 7.06. The lowest BCUT2D eigenvalue weighted by Crippen LogP contribution is -2.11. The highest BCUT2D eigenvalue weighted by Gasteiger charge is 2.38. The summed E-state index contributed by atoms with van der Waals surface area (Å²) in [7, 11) is 1.28. The quantitative estimate of drug-likeness (QED) is 0.423. The van der Waals surface area contributed by atoms with Gasteiger partial charge in [-0.15, -0.1) is 0 Å². The highest BCUT2D eigenvalue weighted by atomic mass is 35.5. The highest BCUT2D eigenvalue weighted by molar-refractivity contribution is 6.31. The lowest BCUT2D eigenvalue weighted by Gasteiger charge is -2.18. The smallest absolute Gasteiger partial charge is 0.423 e. The van der Waals surface area contributed by atoms with E-state index in [0.29, 0.717) is 5.75 Å². The molecule has 2 rings (SSSR count). The Bertz CT molecular complexity index is 832. The molecule has 0 bridgehead atoms. The van der Waals surface area contributed by atoms with E-state index < -0.39 is 17.8 Å². The van der Waals surface area contributed by atoms with Gasteiger partial charge < -0.3 is 4.74 Å². The molecule has 0 N–H and O–H groups in total. The second-order valence-electron chi connectivity index (χ2n) is 6.70. The largest absolute Gasteiger partial charge is 0.435 e. The zero-order chi connectivity index (χ0) is 19.7. The summed E-state index contributed by atoms with van der Waals surface area (Å²) in [6, 6.07) is 6.91. The molecule has 0 saturated heterocycles. The number of hydrogen-bond acceptors (Lipinski definition) is 3. The van der Waals surface area contributed by atoms with Crippen molar-refractivity contribution in [2.24, 2.45) is 7.05 Å². The molecule has 1 aromatic carbocycles. The van der Waals surface area contributed by atoms with Crippen LogP contribution in [-0.4, -0.2) is 15.7 Å². The summed E-state index contributed by atoms with van der Waals surface area (Å²) >= 11 is 5.82. The number of alkyl halides is 3. The second kappa shape index (κ2) is 7.15. The Labute approximate surface area is 154 Å². The molecule has 1 heterocycles. The molecule has 0 radical (unpaired) electrons. The maximum Gasteiger partial charge on any atom is 0.435 e. The molecule has 0 aliphatic carbocycles. The number of ether oxygens (including phenoxy) is 1. The normalized spacial score (nSPS) is 12.6. The van der Waals surface area contributed by atoms with Crippen molar-refractivity contribution in [3.8, 4) is 5.75 Å². The number of carbonyl (C=O) groups is 1. The van der Waals surface area contributed by atoms with Gasteiger partial charge in [0.05, 0.1) is 0 Å². The van der Waals surface area contributed by atoms with Crippen LogP contribution in [-0.2, 0) is 23.4 Å². The van der Waals surface area contributed by atoms with Gasteiger partial charge in [-0.25, -0.2) is 4.79 Å². The summed E-state index contributed by atoms with van der Waals surface area (Å²) in [6.07, 6.45) is -2.85. The first-order valence-corrected chi connectivity index (χ1v) is 8.07.